The average molecular weight is 221 g/mol. The topological polar surface area (TPSA) is 38.8 Å². The molecule has 4 nitrogen and oxygen atoms in total. The number of ether oxygens (including phenoxy) is 2. The molecule has 1 amide bonds. The highest BCUT2D eigenvalue weighted by Crippen LogP contribution is 2.23. The van der Waals surface area contributed by atoms with Crippen LogP contribution in [-0.2, 0) is 4.74 Å². The van der Waals surface area contributed by atoms with Crippen molar-refractivity contribution >= 4 is 11.8 Å². The molecule has 1 aromatic carbocycles. The van der Waals surface area contributed by atoms with Crippen LogP contribution in [0.1, 0.15) is 13.8 Å². The molecule has 0 spiro atoms. The Bertz CT molecular complexity index is 374. The van der Waals surface area contributed by atoms with E-state index in [1.165, 1.54) is 0 Å². The summed E-state index contributed by atoms with van der Waals surface area (Å²) in [4.78, 5) is 13.1. The molecule has 0 radical (unpaired) electrons. The fourth-order valence-corrected chi connectivity index (χ4v) is 1.70. The van der Waals surface area contributed by atoms with Gasteiger partial charge in [-0.2, -0.15) is 0 Å². The Balaban J connectivity index is 2.12. The molecule has 0 saturated carbocycles. The van der Waals surface area contributed by atoms with Crippen molar-refractivity contribution in [2.24, 2.45) is 0 Å². The molecule has 0 unspecified atom stereocenters. The number of rotatable bonds is 3. The van der Waals surface area contributed by atoms with E-state index in [1.807, 2.05) is 38.1 Å². The maximum Gasteiger partial charge on any atom is 0.414 e. The summed E-state index contributed by atoms with van der Waals surface area (Å²) in [5.41, 5.74) is 0.845. The zero-order valence-electron chi connectivity index (χ0n) is 9.47. The first-order valence-corrected chi connectivity index (χ1v) is 5.41. The first-order valence-electron chi connectivity index (χ1n) is 5.41. The van der Waals surface area contributed by atoms with Gasteiger partial charge in [-0.1, -0.05) is 0 Å². The number of benzene rings is 1. The summed E-state index contributed by atoms with van der Waals surface area (Å²) in [5, 5.41) is 0. The molecular weight excluding hydrogens is 206 g/mol. The van der Waals surface area contributed by atoms with Gasteiger partial charge in [0.05, 0.1) is 13.2 Å². The predicted octanol–water partition coefficient (Wildman–Crippen LogP) is 2.43. The van der Waals surface area contributed by atoms with Gasteiger partial charge in [0, 0.05) is 5.69 Å². The number of nitrogens with zero attached hydrogens (tertiary/aromatic N) is 1. The average Bonchev–Trinajstić information content (AvgIpc) is 2.59. The summed E-state index contributed by atoms with van der Waals surface area (Å²) in [7, 11) is 0. The van der Waals surface area contributed by atoms with Crippen LogP contribution >= 0.6 is 0 Å². The highest BCUT2D eigenvalue weighted by Gasteiger charge is 2.29. The summed E-state index contributed by atoms with van der Waals surface area (Å²) < 4.78 is 10.4. The number of hydrogen-bond acceptors (Lipinski definition) is 3. The van der Waals surface area contributed by atoms with E-state index < -0.39 is 0 Å². The SMILES string of the molecule is CCOc1ccc(N2C[C@H](C)OC2=O)cc1. The minimum Gasteiger partial charge on any atom is -0.494 e. The molecule has 2 rings (SSSR count). The number of carbonyl (C=O) groups excluding carboxylic acids is 1. The van der Waals surface area contributed by atoms with Gasteiger partial charge in [-0.3, -0.25) is 4.90 Å². The van der Waals surface area contributed by atoms with Crippen molar-refractivity contribution in [1.29, 1.82) is 0 Å². The first kappa shape index (κ1) is 10.8. The molecule has 1 aromatic rings. The van der Waals surface area contributed by atoms with E-state index in [1.54, 1.807) is 4.90 Å². The van der Waals surface area contributed by atoms with Gasteiger partial charge in [-0.05, 0) is 38.1 Å². The van der Waals surface area contributed by atoms with Crippen LogP contribution in [0.5, 0.6) is 5.75 Å². The van der Waals surface area contributed by atoms with E-state index in [2.05, 4.69) is 0 Å². The number of cyclic esters (lactones) is 1. The minimum atomic E-state index is -0.281. The van der Waals surface area contributed by atoms with Crippen LogP contribution in [0.3, 0.4) is 0 Å². The molecule has 1 aliphatic rings. The fraction of sp³-hybridized carbons (Fsp3) is 0.417. The van der Waals surface area contributed by atoms with Gasteiger partial charge in [0.2, 0.25) is 0 Å². The van der Waals surface area contributed by atoms with Crippen LogP contribution in [-0.4, -0.2) is 25.3 Å². The molecule has 86 valence electrons. The van der Waals surface area contributed by atoms with E-state index >= 15 is 0 Å². The Morgan fingerprint density at radius 2 is 2.12 bits per heavy atom. The number of hydrogen-bond donors (Lipinski definition) is 0. The van der Waals surface area contributed by atoms with E-state index in [-0.39, 0.29) is 12.2 Å². The van der Waals surface area contributed by atoms with Crippen LogP contribution in [0.4, 0.5) is 10.5 Å². The Labute approximate surface area is 94.8 Å². The summed E-state index contributed by atoms with van der Waals surface area (Å²) >= 11 is 0. The van der Waals surface area contributed by atoms with Crippen molar-refractivity contribution in [3.8, 4) is 5.75 Å². The van der Waals surface area contributed by atoms with Crippen LogP contribution in [0, 0.1) is 0 Å². The minimum absolute atomic E-state index is 0.0425. The molecule has 16 heavy (non-hydrogen) atoms. The molecule has 1 heterocycles. The normalized spacial score (nSPS) is 19.8. The van der Waals surface area contributed by atoms with Crippen LogP contribution < -0.4 is 9.64 Å². The second-order valence-electron chi connectivity index (χ2n) is 3.73. The third kappa shape index (κ3) is 2.10. The summed E-state index contributed by atoms with van der Waals surface area (Å²) in [5.74, 6) is 0.812. The lowest BCUT2D eigenvalue weighted by atomic mass is 10.2. The monoisotopic (exact) mass is 221 g/mol. The van der Waals surface area contributed by atoms with Crippen molar-refractivity contribution in [3.05, 3.63) is 24.3 Å². The van der Waals surface area contributed by atoms with Gasteiger partial charge in [0.1, 0.15) is 11.9 Å². The van der Waals surface area contributed by atoms with Gasteiger partial charge in [-0.15, -0.1) is 0 Å². The number of carbonyl (C=O) groups is 1. The maximum atomic E-state index is 11.5. The van der Waals surface area contributed by atoms with Crippen LogP contribution in [0.15, 0.2) is 24.3 Å². The second-order valence-corrected chi connectivity index (χ2v) is 3.73. The van der Waals surface area contributed by atoms with Crippen LogP contribution in [0.25, 0.3) is 0 Å². The lowest BCUT2D eigenvalue weighted by molar-refractivity contribution is 0.150. The van der Waals surface area contributed by atoms with Crippen LogP contribution in [0.2, 0.25) is 0 Å². The van der Waals surface area contributed by atoms with Crippen molar-refractivity contribution in [2.45, 2.75) is 20.0 Å². The molecule has 4 heteroatoms. The molecule has 0 N–H and O–H groups in total. The molecular formula is C12H15NO3. The van der Waals surface area contributed by atoms with E-state index in [4.69, 9.17) is 9.47 Å². The van der Waals surface area contributed by atoms with Gasteiger partial charge >= 0.3 is 6.09 Å². The first-order chi connectivity index (χ1) is 7.70. The van der Waals surface area contributed by atoms with Crippen molar-refractivity contribution < 1.29 is 14.3 Å². The smallest absolute Gasteiger partial charge is 0.414 e. The zero-order chi connectivity index (χ0) is 11.5. The molecule has 1 atom stereocenters. The largest absolute Gasteiger partial charge is 0.494 e. The van der Waals surface area contributed by atoms with Gasteiger partial charge < -0.3 is 9.47 Å². The Morgan fingerprint density at radius 1 is 1.44 bits per heavy atom. The lowest BCUT2D eigenvalue weighted by Gasteiger charge is -2.13. The van der Waals surface area contributed by atoms with Gasteiger partial charge in [-0.25, -0.2) is 4.79 Å². The molecule has 1 fully saturated rings. The summed E-state index contributed by atoms with van der Waals surface area (Å²) in [6, 6.07) is 7.44. The number of amides is 1. The van der Waals surface area contributed by atoms with Crippen molar-refractivity contribution in [2.75, 3.05) is 18.1 Å². The quantitative estimate of drug-likeness (QED) is 0.786. The van der Waals surface area contributed by atoms with Gasteiger partial charge in [0.15, 0.2) is 0 Å². The van der Waals surface area contributed by atoms with E-state index in [0.29, 0.717) is 13.2 Å². The third-order valence-corrected chi connectivity index (χ3v) is 2.42. The predicted molar refractivity (Wildman–Crippen MR) is 60.9 cm³/mol. The number of anilines is 1. The zero-order valence-corrected chi connectivity index (χ0v) is 9.47. The highest BCUT2D eigenvalue weighted by atomic mass is 16.6. The maximum absolute atomic E-state index is 11.5. The molecule has 0 aliphatic carbocycles. The van der Waals surface area contributed by atoms with Crippen molar-refractivity contribution in [3.63, 3.8) is 0 Å². The molecule has 0 bridgehead atoms. The summed E-state index contributed by atoms with van der Waals surface area (Å²) in [6.45, 7) is 5.06. The van der Waals surface area contributed by atoms with Gasteiger partial charge in [0.25, 0.3) is 0 Å². The fourth-order valence-electron chi connectivity index (χ4n) is 1.70. The Kier molecular flexibility index (Phi) is 2.99. The van der Waals surface area contributed by atoms with E-state index in [9.17, 15) is 4.79 Å². The third-order valence-electron chi connectivity index (χ3n) is 2.42. The summed E-state index contributed by atoms with van der Waals surface area (Å²) in [6.07, 6.45) is -0.323. The standard InChI is InChI=1S/C12H15NO3/c1-3-15-11-6-4-10(5-7-11)13-8-9(2)16-12(13)14/h4-7,9H,3,8H2,1-2H3/t9-/m0/s1. The second kappa shape index (κ2) is 4.43. The van der Waals surface area contributed by atoms with E-state index in [0.717, 1.165) is 11.4 Å². The molecule has 0 aromatic heterocycles. The molecule has 1 saturated heterocycles. The van der Waals surface area contributed by atoms with Crippen molar-refractivity contribution in [1.82, 2.24) is 0 Å². The lowest BCUT2D eigenvalue weighted by Crippen LogP contribution is -2.23. The molecule has 1 aliphatic heterocycles. The Hall–Kier alpha value is -1.71. The Morgan fingerprint density at radius 3 is 2.62 bits per heavy atom. The highest BCUT2D eigenvalue weighted by molar-refractivity contribution is 5.89.